The Hall–Kier alpha value is -3.01. The summed E-state index contributed by atoms with van der Waals surface area (Å²) in [6.07, 6.45) is 2.19. The van der Waals surface area contributed by atoms with Crippen molar-refractivity contribution in [1.29, 1.82) is 0 Å². The highest BCUT2D eigenvalue weighted by Crippen LogP contribution is 2.29. The first kappa shape index (κ1) is 21.8. The normalized spacial score (nSPS) is 15.3. The van der Waals surface area contributed by atoms with E-state index in [1.807, 2.05) is 25.1 Å². The van der Waals surface area contributed by atoms with E-state index in [1.165, 1.54) is 16.2 Å². The van der Waals surface area contributed by atoms with Gasteiger partial charge < -0.3 is 4.90 Å². The van der Waals surface area contributed by atoms with E-state index in [4.69, 9.17) is 11.6 Å². The maximum atomic E-state index is 13.2. The lowest BCUT2D eigenvalue weighted by atomic mass is 10.0. The number of nitrogens with zero attached hydrogens (tertiary/aromatic N) is 6. The maximum absolute atomic E-state index is 13.2. The van der Waals surface area contributed by atoms with Crippen molar-refractivity contribution < 1.29 is 8.42 Å². The predicted molar refractivity (Wildman–Crippen MR) is 127 cm³/mol. The smallest absolute Gasteiger partial charge is 0.254 e. The second kappa shape index (κ2) is 8.74. The molecule has 0 aliphatic carbocycles. The molecule has 1 saturated heterocycles. The van der Waals surface area contributed by atoms with Crippen LogP contribution >= 0.6 is 11.6 Å². The molecule has 10 heteroatoms. The van der Waals surface area contributed by atoms with Crippen LogP contribution in [0.15, 0.2) is 65.8 Å². The number of benzene rings is 2. The van der Waals surface area contributed by atoms with Gasteiger partial charge in [-0.15, -0.1) is 0 Å². The van der Waals surface area contributed by atoms with Gasteiger partial charge in [0.05, 0.1) is 5.02 Å². The van der Waals surface area contributed by atoms with Crippen molar-refractivity contribution in [2.45, 2.75) is 18.2 Å². The van der Waals surface area contributed by atoms with Gasteiger partial charge in [-0.05, 0) is 24.6 Å². The summed E-state index contributed by atoms with van der Waals surface area (Å²) in [7, 11) is -3.67. The number of sulfonamides is 1. The van der Waals surface area contributed by atoms with Crippen molar-refractivity contribution in [3.63, 3.8) is 0 Å². The second-order valence-electron chi connectivity index (χ2n) is 7.96. The summed E-state index contributed by atoms with van der Waals surface area (Å²) < 4.78 is 29.6. The molecule has 33 heavy (non-hydrogen) atoms. The Labute approximate surface area is 197 Å². The van der Waals surface area contributed by atoms with E-state index >= 15 is 0 Å². The van der Waals surface area contributed by atoms with Crippen molar-refractivity contribution >= 4 is 33.2 Å². The number of hydrogen-bond acceptors (Lipinski definition) is 6. The SMILES string of the molecule is Cc1nc2ncnn2c(N2CCN(S(=O)(=O)c3ccccc3Cl)CC2)c1Cc1ccccc1. The zero-order valence-electron chi connectivity index (χ0n) is 18.1. The van der Waals surface area contributed by atoms with Gasteiger partial charge in [0, 0.05) is 43.9 Å². The van der Waals surface area contributed by atoms with Gasteiger partial charge in [-0.1, -0.05) is 54.1 Å². The summed E-state index contributed by atoms with van der Waals surface area (Å²) in [4.78, 5) is 11.2. The molecule has 0 bridgehead atoms. The minimum absolute atomic E-state index is 0.142. The average Bonchev–Trinajstić information content (AvgIpc) is 3.28. The van der Waals surface area contributed by atoms with Gasteiger partial charge in [0.1, 0.15) is 17.0 Å². The highest BCUT2D eigenvalue weighted by Gasteiger charge is 2.32. The van der Waals surface area contributed by atoms with Crippen LogP contribution in [0.3, 0.4) is 0 Å². The van der Waals surface area contributed by atoms with Gasteiger partial charge in [-0.3, -0.25) is 0 Å². The zero-order chi connectivity index (χ0) is 23.0. The fraction of sp³-hybridized carbons (Fsp3) is 0.261. The summed E-state index contributed by atoms with van der Waals surface area (Å²) in [5.74, 6) is 1.44. The molecule has 0 saturated carbocycles. The van der Waals surface area contributed by atoms with Crippen LogP contribution in [0.2, 0.25) is 5.02 Å². The van der Waals surface area contributed by atoms with Crippen LogP contribution in [-0.2, 0) is 16.4 Å². The molecule has 3 heterocycles. The quantitative estimate of drug-likeness (QED) is 0.434. The molecule has 8 nitrogen and oxygen atoms in total. The minimum Gasteiger partial charge on any atom is -0.354 e. The van der Waals surface area contributed by atoms with Gasteiger partial charge in [0.2, 0.25) is 10.0 Å². The first-order valence-corrected chi connectivity index (χ1v) is 12.5. The number of aryl methyl sites for hydroxylation is 1. The number of hydrogen-bond donors (Lipinski definition) is 0. The van der Waals surface area contributed by atoms with E-state index in [9.17, 15) is 8.42 Å². The first-order valence-electron chi connectivity index (χ1n) is 10.7. The lowest BCUT2D eigenvalue weighted by Crippen LogP contribution is -2.49. The van der Waals surface area contributed by atoms with Crippen molar-refractivity contribution in [1.82, 2.24) is 23.9 Å². The summed E-state index contributed by atoms with van der Waals surface area (Å²) >= 11 is 6.18. The molecule has 1 fully saturated rings. The Balaban J connectivity index is 1.47. The topological polar surface area (TPSA) is 83.7 Å². The van der Waals surface area contributed by atoms with Crippen LogP contribution in [0.5, 0.6) is 0 Å². The van der Waals surface area contributed by atoms with Gasteiger partial charge in [-0.2, -0.15) is 18.9 Å². The van der Waals surface area contributed by atoms with E-state index in [0.29, 0.717) is 38.4 Å². The molecular formula is C23H23ClN6O2S. The molecule has 1 aliphatic rings. The number of fused-ring (bicyclic) bond motifs is 1. The highest BCUT2D eigenvalue weighted by molar-refractivity contribution is 7.89. The molecule has 2 aromatic carbocycles. The maximum Gasteiger partial charge on any atom is 0.254 e. The van der Waals surface area contributed by atoms with Crippen molar-refractivity contribution in [3.05, 3.63) is 82.8 Å². The monoisotopic (exact) mass is 482 g/mol. The Kier molecular flexibility index (Phi) is 5.77. The molecule has 5 rings (SSSR count). The third kappa shape index (κ3) is 4.07. The van der Waals surface area contributed by atoms with Crippen molar-refractivity contribution in [2.24, 2.45) is 0 Å². The second-order valence-corrected chi connectivity index (χ2v) is 10.3. The number of anilines is 1. The first-order chi connectivity index (χ1) is 15.9. The van der Waals surface area contributed by atoms with Crippen LogP contribution in [0, 0.1) is 6.92 Å². The van der Waals surface area contributed by atoms with Crippen molar-refractivity contribution in [2.75, 3.05) is 31.1 Å². The average molecular weight is 483 g/mol. The van der Waals surface area contributed by atoms with E-state index in [1.54, 1.807) is 28.8 Å². The Morgan fingerprint density at radius 1 is 0.970 bits per heavy atom. The standard InChI is InChI=1S/C23H23ClN6O2S/c1-17-19(15-18-7-3-2-4-8-18)22(30-23(27-17)25-16-26-30)28-11-13-29(14-12-28)33(31,32)21-10-6-5-9-20(21)24/h2-10,16H,11-15H2,1H3. The lowest BCUT2D eigenvalue weighted by molar-refractivity contribution is 0.382. The third-order valence-electron chi connectivity index (χ3n) is 5.92. The van der Waals surface area contributed by atoms with E-state index in [-0.39, 0.29) is 9.92 Å². The molecule has 4 aromatic rings. The van der Waals surface area contributed by atoms with Gasteiger partial charge in [0.25, 0.3) is 5.78 Å². The van der Waals surface area contributed by atoms with E-state index in [0.717, 1.165) is 17.1 Å². The molecule has 0 radical (unpaired) electrons. The van der Waals surface area contributed by atoms with Crippen LogP contribution in [0.1, 0.15) is 16.8 Å². The lowest BCUT2D eigenvalue weighted by Gasteiger charge is -2.36. The molecule has 0 unspecified atom stereocenters. The van der Waals surface area contributed by atoms with Crippen LogP contribution in [0.4, 0.5) is 5.82 Å². The molecule has 170 valence electrons. The van der Waals surface area contributed by atoms with Crippen molar-refractivity contribution in [3.8, 4) is 0 Å². The van der Waals surface area contributed by atoms with Gasteiger partial charge in [-0.25, -0.2) is 13.4 Å². The summed E-state index contributed by atoms with van der Waals surface area (Å²) in [5, 5.41) is 4.65. The third-order valence-corrected chi connectivity index (χ3v) is 8.32. The number of halogens is 1. The molecule has 0 atom stereocenters. The minimum atomic E-state index is -3.67. The largest absolute Gasteiger partial charge is 0.354 e. The summed E-state index contributed by atoms with van der Waals surface area (Å²) in [6.45, 7) is 3.70. The summed E-state index contributed by atoms with van der Waals surface area (Å²) in [5.41, 5.74) is 3.12. The van der Waals surface area contributed by atoms with Gasteiger partial charge in [0.15, 0.2) is 0 Å². The van der Waals surface area contributed by atoms with Crippen LogP contribution in [0.25, 0.3) is 5.78 Å². The van der Waals surface area contributed by atoms with Crippen LogP contribution < -0.4 is 4.90 Å². The molecule has 1 aliphatic heterocycles. The summed E-state index contributed by atoms with van der Waals surface area (Å²) in [6, 6.07) is 16.8. The molecule has 0 amide bonds. The molecule has 2 aromatic heterocycles. The van der Waals surface area contributed by atoms with E-state index < -0.39 is 10.0 Å². The van der Waals surface area contributed by atoms with Gasteiger partial charge >= 0.3 is 0 Å². The Morgan fingerprint density at radius 2 is 1.67 bits per heavy atom. The number of rotatable bonds is 5. The van der Waals surface area contributed by atoms with E-state index in [2.05, 4.69) is 32.1 Å². The van der Waals surface area contributed by atoms with Crippen LogP contribution in [-0.4, -0.2) is 58.5 Å². The molecular weight excluding hydrogens is 460 g/mol. The Bertz CT molecular complexity index is 1400. The number of aromatic nitrogens is 4. The fourth-order valence-corrected chi connectivity index (χ4v) is 6.15. The highest BCUT2D eigenvalue weighted by atomic mass is 35.5. The Morgan fingerprint density at radius 3 is 2.39 bits per heavy atom. The predicted octanol–water partition coefficient (Wildman–Crippen LogP) is 3.19. The molecule has 0 N–H and O–H groups in total. The molecule has 0 spiro atoms. The fourth-order valence-electron chi connectivity index (χ4n) is 4.23. The zero-order valence-corrected chi connectivity index (χ0v) is 19.7. The number of piperazine rings is 1.